The average Bonchev–Trinajstić information content (AvgIpc) is 3.20. The summed E-state index contributed by atoms with van der Waals surface area (Å²) in [6, 6.07) is 4.21. The lowest BCUT2D eigenvalue weighted by Crippen LogP contribution is -2.37. The number of fused-ring (bicyclic) bond motifs is 1. The van der Waals surface area contributed by atoms with Gasteiger partial charge in [0, 0.05) is 0 Å². The van der Waals surface area contributed by atoms with E-state index in [0.717, 1.165) is 10.8 Å². The summed E-state index contributed by atoms with van der Waals surface area (Å²) in [5.74, 6) is -1.77. The Bertz CT molecular complexity index is 1250. The molecule has 1 aliphatic heterocycles. The van der Waals surface area contributed by atoms with Crippen LogP contribution < -0.4 is 5.73 Å². The first kappa shape index (κ1) is 25.8. The van der Waals surface area contributed by atoms with Crippen molar-refractivity contribution in [3.63, 3.8) is 0 Å². The Morgan fingerprint density at radius 2 is 1.97 bits per heavy atom. The summed E-state index contributed by atoms with van der Waals surface area (Å²) < 4.78 is 64.2. The number of nitrogens with zero attached hydrogens (tertiary/aromatic N) is 4. The van der Waals surface area contributed by atoms with E-state index in [1.54, 1.807) is 6.07 Å². The van der Waals surface area contributed by atoms with E-state index in [9.17, 15) is 33.9 Å². The molecule has 0 bridgehead atoms. The van der Waals surface area contributed by atoms with Crippen LogP contribution >= 0.6 is 23.0 Å². The summed E-state index contributed by atoms with van der Waals surface area (Å²) >= 11 is 0. The van der Waals surface area contributed by atoms with E-state index in [2.05, 4.69) is 18.9 Å². The number of hydrogen-bond donors (Lipinski definition) is 6. The van der Waals surface area contributed by atoms with Crippen molar-refractivity contribution in [2.45, 2.75) is 24.0 Å². The van der Waals surface area contributed by atoms with Crippen molar-refractivity contribution < 1.29 is 56.3 Å². The number of phosphoric acid groups is 1. The Morgan fingerprint density at radius 1 is 1.30 bits per heavy atom. The van der Waals surface area contributed by atoms with Gasteiger partial charge in [0.15, 0.2) is 17.9 Å². The van der Waals surface area contributed by atoms with Crippen LogP contribution in [0.25, 0.3) is 5.52 Å². The third kappa shape index (κ3) is 5.32. The number of aliphatic hydroxyl groups is 1. The summed E-state index contributed by atoms with van der Waals surface area (Å²) in [4.78, 5) is 40.2. The number of halogens is 1. The first-order valence-electron chi connectivity index (χ1n) is 8.66. The molecule has 20 heteroatoms. The number of nitrogen functional groups attached to an aromatic ring is 1. The van der Waals surface area contributed by atoms with Gasteiger partial charge in [0.1, 0.15) is 30.1 Å². The Balaban J connectivity index is 1.80. The molecular weight excluding hydrogens is 514 g/mol. The normalized spacial score (nSPS) is 29.4. The van der Waals surface area contributed by atoms with Crippen LogP contribution in [0.1, 0.15) is 5.69 Å². The van der Waals surface area contributed by atoms with Gasteiger partial charge in [-0.05, 0) is 12.1 Å². The molecular formula is C13H17FN5O11P3. The molecule has 0 aliphatic carbocycles. The summed E-state index contributed by atoms with van der Waals surface area (Å²) in [6.07, 6.45) is -5.22. The van der Waals surface area contributed by atoms with Crippen LogP contribution in [0, 0.1) is 11.3 Å². The van der Waals surface area contributed by atoms with E-state index < -0.39 is 59.5 Å². The molecule has 3 rings (SSSR count). The minimum atomic E-state index is -5.45. The fraction of sp³-hybridized carbons (Fsp3) is 0.462. The quantitative estimate of drug-likeness (QED) is 0.236. The zero-order valence-electron chi connectivity index (χ0n) is 16.1. The molecule has 7 N–H and O–H groups in total. The maximum atomic E-state index is 15.1. The number of hydrogen-bond acceptors (Lipinski definition) is 11. The summed E-state index contributed by atoms with van der Waals surface area (Å²) in [7, 11) is -15.8. The van der Waals surface area contributed by atoms with Crippen LogP contribution in [0.2, 0.25) is 0 Å². The number of alkyl halides is 1. The molecule has 2 unspecified atom stereocenters. The Hall–Kier alpha value is -1.79. The molecule has 0 spiro atoms. The van der Waals surface area contributed by atoms with Crippen LogP contribution in [-0.4, -0.2) is 70.2 Å². The van der Waals surface area contributed by atoms with Crippen LogP contribution in [-0.2, 0) is 32.9 Å². The van der Waals surface area contributed by atoms with Crippen molar-refractivity contribution >= 4 is 34.3 Å². The second-order valence-corrected chi connectivity index (χ2v) is 12.4. The predicted molar refractivity (Wildman–Crippen MR) is 104 cm³/mol. The molecule has 1 fully saturated rings. The van der Waals surface area contributed by atoms with E-state index in [4.69, 9.17) is 20.3 Å². The van der Waals surface area contributed by atoms with Gasteiger partial charge in [0.25, 0.3) is 0 Å². The molecule has 1 saturated heterocycles. The van der Waals surface area contributed by atoms with Gasteiger partial charge in [-0.2, -0.15) is 10.4 Å². The number of nitrogens with two attached hydrogens (primary N) is 1. The smallest absolute Gasteiger partial charge is 0.387 e. The maximum absolute atomic E-state index is 15.1. The van der Waals surface area contributed by atoms with Crippen LogP contribution in [0.3, 0.4) is 0 Å². The minimum absolute atomic E-state index is 0.000262. The monoisotopic (exact) mass is 531 g/mol. The third-order valence-electron chi connectivity index (χ3n) is 4.43. The molecule has 0 aromatic carbocycles. The lowest BCUT2D eigenvalue weighted by Gasteiger charge is -2.23. The molecule has 1 aliphatic rings. The van der Waals surface area contributed by atoms with Crippen molar-refractivity contribution in [2.75, 3.05) is 18.2 Å². The van der Waals surface area contributed by atoms with Gasteiger partial charge in [-0.3, -0.25) is 13.7 Å². The highest BCUT2D eigenvalue weighted by molar-refractivity contribution is 7.73. The van der Waals surface area contributed by atoms with Crippen LogP contribution in [0.4, 0.5) is 10.2 Å². The fourth-order valence-electron chi connectivity index (χ4n) is 3.13. The molecule has 6 atom stereocenters. The minimum Gasteiger partial charge on any atom is -0.387 e. The molecule has 0 radical (unpaired) electrons. The lowest BCUT2D eigenvalue weighted by molar-refractivity contribution is -0.0555. The van der Waals surface area contributed by atoms with Gasteiger partial charge in [-0.1, -0.05) is 0 Å². The number of anilines is 1. The largest absolute Gasteiger partial charge is 0.479 e. The number of nitriles is 1. The third-order valence-corrected chi connectivity index (χ3v) is 9.66. The van der Waals surface area contributed by atoms with Crippen LogP contribution in [0.5, 0.6) is 0 Å². The van der Waals surface area contributed by atoms with E-state index in [0.29, 0.717) is 0 Å². The van der Waals surface area contributed by atoms with E-state index >= 15 is 4.39 Å². The molecule has 0 amide bonds. The second-order valence-electron chi connectivity index (χ2n) is 6.85. The molecule has 33 heavy (non-hydrogen) atoms. The second kappa shape index (κ2) is 8.77. The topological polar surface area (TPSA) is 260 Å². The number of ether oxygens (including phenoxy) is 1. The molecule has 2 aromatic heterocycles. The summed E-state index contributed by atoms with van der Waals surface area (Å²) in [5.41, 5.74) is 3.25. The first-order valence-corrected chi connectivity index (χ1v) is 13.7. The average molecular weight is 531 g/mol. The number of aliphatic hydroxyl groups excluding tert-OH is 1. The first-order chi connectivity index (χ1) is 15.1. The molecule has 182 valence electrons. The molecule has 0 saturated carbocycles. The molecule has 2 aromatic rings. The van der Waals surface area contributed by atoms with Gasteiger partial charge in [0.2, 0.25) is 5.60 Å². The molecule has 3 heterocycles. The van der Waals surface area contributed by atoms with Gasteiger partial charge < -0.3 is 35.2 Å². The summed E-state index contributed by atoms with van der Waals surface area (Å²) in [6.45, 7) is -1.12. The van der Waals surface area contributed by atoms with Crippen LogP contribution in [0.15, 0.2) is 18.5 Å². The standard InChI is InChI=1S/C13H17FN5O11P3/c14-11-10(20)8(3-28-33(26,27)30-32(24,25)6-31(21,22)23)29-13(11,4-15)9-2-1-7-12(16)17-5-18-19(7)9/h1-2,5,8,10-11,20H,3,6H2,(H,24,25)(H,26,27)(H2,16,17,18)(H2,21,22,23)/t8-,10-,11-,13+/m1/s1. The van der Waals surface area contributed by atoms with E-state index in [-0.39, 0.29) is 17.0 Å². The number of rotatable bonds is 8. The Labute approximate surface area is 183 Å². The molecule has 16 nitrogen and oxygen atoms in total. The van der Waals surface area contributed by atoms with Crippen molar-refractivity contribution in [3.05, 3.63) is 24.2 Å². The van der Waals surface area contributed by atoms with Gasteiger partial charge in [-0.15, -0.1) is 0 Å². The van der Waals surface area contributed by atoms with Crippen molar-refractivity contribution in [1.29, 1.82) is 5.26 Å². The van der Waals surface area contributed by atoms with Gasteiger partial charge >= 0.3 is 23.0 Å². The van der Waals surface area contributed by atoms with Crippen molar-refractivity contribution in [2.24, 2.45) is 0 Å². The lowest BCUT2D eigenvalue weighted by atomic mass is 9.94. The number of aromatic nitrogens is 3. The fourth-order valence-corrected chi connectivity index (χ4v) is 7.47. The SMILES string of the molecule is N#C[C@@]1(c2ccc3c(N)ncnn23)O[C@H](COP(=O)(O)OP(=O)(O)CP(=O)(O)O)[C@@H](O)[C@H]1F. The van der Waals surface area contributed by atoms with Crippen molar-refractivity contribution in [1.82, 2.24) is 14.6 Å². The number of phosphoric ester groups is 1. The zero-order chi connectivity index (χ0) is 24.8. The van der Waals surface area contributed by atoms with Gasteiger partial charge in [-0.25, -0.2) is 22.8 Å². The van der Waals surface area contributed by atoms with E-state index in [1.807, 2.05) is 0 Å². The van der Waals surface area contributed by atoms with E-state index in [1.165, 1.54) is 12.1 Å². The predicted octanol–water partition coefficient (Wildman–Crippen LogP) is -0.418. The zero-order valence-corrected chi connectivity index (χ0v) is 18.8. The maximum Gasteiger partial charge on any atom is 0.479 e. The highest BCUT2D eigenvalue weighted by Crippen LogP contribution is 2.65. The highest BCUT2D eigenvalue weighted by atomic mass is 31.3. The Kier molecular flexibility index (Phi) is 6.86. The van der Waals surface area contributed by atoms with Crippen molar-refractivity contribution in [3.8, 4) is 6.07 Å². The Morgan fingerprint density at radius 3 is 2.58 bits per heavy atom. The summed E-state index contributed by atoms with van der Waals surface area (Å²) in [5, 5.41) is 23.8. The highest BCUT2D eigenvalue weighted by Gasteiger charge is 2.59. The van der Waals surface area contributed by atoms with Gasteiger partial charge in [0.05, 0.1) is 12.3 Å².